The van der Waals surface area contributed by atoms with Crippen molar-refractivity contribution in [2.24, 2.45) is 0 Å². The standard InChI is InChI=1S/C16H24N2O3/c1-4-13-15(11(3)20)10(2)17-16(13)14(21)9-18(7-8-19)12-5-6-12/h12,17,19H,4-9H2,1-3H3. The van der Waals surface area contributed by atoms with Crippen LogP contribution in [0.5, 0.6) is 0 Å². The predicted octanol–water partition coefficient (Wildman–Crippen LogP) is 1.73. The third-order valence-electron chi connectivity index (χ3n) is 4.07. The predicted molar refractivity (Wildman–Crippen MR) is 80.9 cm³/mol. The maximum atomic E-state index is 12.6. The molecule has 5 heteroatoms. The summed E-state index contributed by atoms with van der Waals surface area (Å²) in [6.45, 7) is 6.21. The number of aryl methyl sites for hydroxylation is 1. The summed E-state index contributed by atoms with van der Waals surface area (Å²) in [6.07, 6.45) is 2.84. The van der Waals surface area contributed by atoms with Gasteiger partial charge in [-0.05, 0) is 38.7 Å². The lowest BCUT2D eigenvalue weighted by atomic mass is 10.0. The van der Waals surface area contributed by atoms with E-state index in [4.69, 9.17) is 5.11 Å². The Morgan fingerprint density at radius 3 is 2.52 bits per heavy atom. The maximum Gasteiger partial charge on any atom is 0.193 e. The van der Waals surface area contributed by atoms with E-state index in [9.17, 15) is 9.59 Å². The van der Waals surface area contributed by atoms with E-state index in [1.54, 1.807) is 0 Å². The van der Waals surface area contributed by atoms with E-state index in [1.165, 1.54) is 6.92 Å². The molecule has 1 saturated carbocycles. The number of H-pyrrole nitrogens is 1. The molecule has 0 unspecified atom stereocenters. The van der Waals surface area contributed by atoms with Gasteiger partial charge < -0.3 is 10.1 Å². The van der Waals surface area contributed by atoms with E-state index >= 15 is 0 Å². The molecule has 1 fully saturated rings. The van der Waals surface area contributed by atoms with Gasteiger partial charge in [0, 0.05) is 23.8 Å². The molecule has 2 N–H and O–H groups in total. The molecule has 1 aromatic heterocycles. The number of hydrogen-bond acceptors (Lipinski definition) is 4. The summed E-state index contributed by atoms with van der Waals surface area (Å²) in [7, 11) is 0. The lowest BCUT2D eigenvalue weighted by molar-refractivity contribution is 0.0901. The van der Waals surface area contributed by atoms with Crippen molar-refractivity contribution in [3.8, 4) is 0 Å². The first kappa shape index (κ1) is 15.9. The Balaban J connectivity index is 2.22. The molecule has 0 saturated heterocycles. The van der Waals surface area contributed by atoms with Gasteiger partial charge in [0.2, 0.25) is 0 Å². The lowest BCUT2D eigenvalue weighted by Gasteiger charge is -2.19. The van der Waals surface area contributed by atoms with E-state index in [1.807, 2.05) is 18.7 Å². The van der Waals surface area contributed by atoms with Crippen LogP contribution in [0.2, 0.25) is 0 Å². The van der Waals surface area contributed by atoms with Crippen molar-refractivity contribution < 1.29 is 14.7 Å². The summed E-state index contributed by atoms with van der Waals surface area (Å²) in [5.41, 5.74) is 2.80. The van der Waals surface area contributed by atoms with Crippen LogP contribution in [0.4, 0.5) is 0 Å². The van der Waals surface area contributed by atoms with Crippen LogP contribution in [-0.4, -0.2) is 52.3 Å². The first-order chi connectivity index (χ1) is 9.99. The minimum atomic E-state index is -0.00550. The molecule has 0 bridgehead atoms. The van der Waals surface area contributed by atoms with Gasteiger partial charge in [-0.25, -0.2) is 0 Å². The molecule has 1 aromatic rings. The summed E-state index contributed by atoms with van der Waals surface area (Å²) in [5, 5.41) is 9.11. The Bertz CT molecular complexity index is 544. The number of carbonyl (C=O) groups excluding carboxylic acids is 2. The second-order valence-electron chi connectivity index (χ2n) is 5.74. The number of rotatable bonds is 8. The highest BCUT2D eigenvalue weighted by atomic mass is 16.3. The number of ketones is 2. The van der Waals surface area contributed by atoms with Crippen LogP contribution in [0.15, 0.2) is 0 Å². The molecular weight excluding hydrogens is 268 g/mol. The molecule has 5 nitrogen and oxygen atoms in total. The molecule has 0 radical (unpaired) electrons. The molecule has 116 valence electrons. The van der Waals surface area contributed by atoms with Crippen LogP contribution in [-0.2, 0) is 6.42 Å². The fourth-order valence-electron chi connectivity index (χ4n) is 2.97. The van der Waals surface area contributed by atoms with Crippen LogP contribution in [0.3, 0.4) is 0 Å². The number of aliphatic hydroxyl groups is 1. The van der Waals surface area contributed by atoms with Gasteiger partial charge in [-0.3, -0.25) is 14.5 Å². The largest absolute Gasteiger partial charge is 0.395 e. The molecule has 2 rings (SSSR count). The third-order valence-corrected chi connectivity index (χ3v) is 4.07. The lowest BCUT2D eigenvalue weighted by Crippen LogP contribution is -2.34. The van der Waals surface area contributed by atoms with Gasteiger partial charge in [-0.1, -0.05) is 6.92 Å². The highest BCUT2D eigenvalue weighted by Gasteiger charge is 2.31. The molecule has 0 atom stereocenters. The van der Waals surface area contributed by atoms with Gasteiger partial charge >= 0.3 is 0 Å². The molecule has 21 heavy (non-hydrogen) atoms. The molecule has 1 aliphatic rings. The number of aromatic nitrogens is 1. The normalized spacial score (nSPS) is 14.7. The van der Waals surface area contributed by atoms with Crippen molar-refractivity contribution in [2.75, 3.05) is 19.7 Å². The fourth-order valence-corrected chi connectivity index (χ4v) is 2.97. The van der Waals surface area contributed by atoms with E-state index in [2.05, 4.69) is 4.98 Å². The zero-order valence-electron chi connectivity index (χ0n) is 13.0. The van der Waals surface area contributed by atoms with Gasteiger partial charge in [0.05, 0.1) is 18.8 Å². The number of aromatic amines is 1. The summed E-state index contributed by atoms with van der Waals surface area (Å²) in [4.78, 5) is 29.4. The van der Waals surface area contributed by atoms with Crippen LogP contribution in [0, 0.1) is 6.92 Å². The number of aliphatic hydroxyl groups excluding tert-OH is 1. The van der Waals surface area contributed by atoms with E-state index < -0.39 is 0 Å². The molecule has 1 heterocycles. The Kier molecular flexibility index (Phi) is 4.96. The molecule has 0 aliphatic heterocycles. The smallest absolute Gasteiger partial charge is 0.193 e. The Morgan fingerprint density at radius 1 is 1.38 bits per heavy atom. The number of nitrogens with zero attached hydrogens (tertiary/aromatic N) is 1. The van der Waals surface area contributed by atoms with Crippen molar-refractivity contribution in [1.82, 2.24) is 9.88 Å². The Morgan fingerprint density at radius 2 is 2.05 bits per heavy atom. The van der Waals surface area contributed by atoms with Gasteiger partial charge in [-0.2, -0.15) is 0 Å². The maximum absolute atomic E-state index is 12.6. The van der Waals surface area contributed by atoms with Crippen LogP contribution >= 0.6 is 0 Å². The van der Waals surface area contributed by atoms with Crippen LogP contribution in [0.25, 0.3) is 0 Å². The van der Waals surface area contributed by atoms with Gasteiger partial charge in [0.1, 0.15) is 0 Å². The number of hydrogen-bond donors (Lipinski definition) is 2. The summed E-state index contributed by atoms with van der Waals surface area (Å²) < 4.78 is 0. The van der Waals surface area contributed by atoms with Crippen molar-refractivity contribution in [2.45, 2.75) is 46.1 Å². The summed E-state index contributed by atoms with van der Waals surface area (Å²) in [6, 6.07) is 0.425. The second-order valence-corrected chi connectivity index (χ2v) is 5.74. The summed E-state index contributed by atoms with van der Waals surface area (Å²) in [5.74, 6) is -0.00291. The minimum absolute atomic E-state index is 0.00259. The molecule has 1 aliphatic carbocycles. The van der Waals surface area contributed by atoms with Crippen LogP contribution < -0.4 is 0 Å². The van der Waals surface area contributed by atoms with Crippen molar-refractivity contribution in [3.05, 3.63) is 22.5 Å². The van der Waals surface area contributed by atoms with Gasteiger partial charge in [0.15, 0.2) is 11.6 Å². The van der Waals surface area contributed by atoms with Gasteiger partial charge in [-0.15, -0.1) is 0 Å². The summed E-state index contributed by atoms with van der Waals surface area (Å²) >= 11 is 0. The number of Topliss-reactive ketones (excluding diaryl/α,β-unsaturated/α-hetero) is 2. The molecular formula is C16H24N2O3. The minimum Gasteiger partial charge on any atom is -0.395 e. The van der Waals surface area contributed by atoms with E-state index in [-0.39, 0.29) is 18.2 Å². The molecule has 0 amide bonds. The number of nitrogens with one attached hydrogen (secondary N) is 1. The first-order valence-corrected chi connectivity index (χ1v) is 7.60. The van der Waals surface area contributed by atoms with Gasteiger partial charge in [0.25, 0.3) is 0 Å². The van der Waals surface area contributed by atoms with Crippen molar-refractivity contribution in [3.63, 3.8) is 0 Å². The Hall–Kier alpha value is -1.46. The Labute approximate surface area is 125 Å². The SMILES string of the molecule is CCc1c(C(=O)CN(CCO)C2CC2)[nH]c(C)c1C(C)=O. The quantitative estimate of drug-likeness (QED) is 0.716. The monoisotopic (exact) mass is 292 g/mol. The zero-order valence-corrected chi connectivity index (χ0v) is 13.0. The topological polar surface area (TPSA) is 73.4 Å². The second kappa shape index (κ2) is 6.54. The fraction of sp³-hybridized carbons (Fsp3) is 0.625. The zero-order chi connectivity index (χ0) is 15.6. The third kappa shape index (κ3) is 3.41. The average Bonchev–Trinajstić information content (AvgIpc) is 3.20. The van der Waals surface area contributed by atoms with E-state index in [0.29, 0.717) is 36.8 Å². The average molecular weight is 292 g/mol. The van der Waals surface area contributed by atoms with Crippen LogP contribution in [0.1, 0.15) is 58.8 Å². The molecule has 0 spiro atoms. The highest BCUT2D eigenvalue weighted by Crippen LogP contribution is 2.27. The first-order valence-electron chi connectivity index (χ1n) is 7.60. The number of carbonyl (C=O) groups is 2. The van der Waals surface area contributed by atoms with Crippen molar-refractivity contribution in [1.29, 1.82) is 0 Å². The highest BCUT2D eigenvalue weighted by molar-refractivity contribution is 6.04. The van der Waals surface area contributed by atoms with Crippen molar-refractivity contribution >= 4 is 11.6 Å². The molecule has 0 aromatic carbocycles. The van der Waals surface area contributed by atoms with E-state index in [0.717, 1.165) is 24.1 Å².